The molecule has 0 bridgehead atoms. The maximum absolute atomic E-state index is 11.6. The van der Waals surface area contributed by atoms with Crippen molar-refractivity contribution in [3.05, 3.63) is 29.8 Å². The van der Waals surface area contributed by atoms with Crippen molar-refractivity contribution in [1.29, 1.82) is 0 Å². The van der Waals surface area contributed by atoms with Crippen LogP contribution in [0.1, 0.15) is 12.5 Å². The van der Waals surface area contributed by atoms with E-state index in [0.29, 0.717) is 6.54 Å². The van der Waals surface area contributed by atoms with Gasteiger partial charge in [0.2, 0.25) is 15.9 Å². The van der Waals surface area contributed by atoms with Gasteiger partial charge in [0, 0.05) is 13.6 Å². The molecule has 1 aromatic carbocycles. The first-order chi connectivity index (χ1) is 7.84. The number of hydrogen-bond acceptors (Lipinski definition) is 3. The first kappa shape index (κ1) is 13.7. The molecule has 0 aliphatic carbocycles. The molecule has 0 fully saturated rings. The van der Waals surface area contributed by atoms with Crippen LogP contribution in [0.2, 0.25) is 0 Å². The number of benzene rings is 1. The molecule has 94 valence electrons. The van der Waals surface area contributed by atoms with Crippen LogP contribution in [0.15, 0.2) is 29.2 Å². The molecule has 0 aromatic heterocycles. The number of hydrogen-bond donors (Lipinski definition) is 1. The summed E-state index contributed by atoms with van der Waals surface area (Å²) in [6.07, 6.45) is 0.259. The summed E-state index contributed by atoms with van der Waals surface area (Å²) in [7, 11) is -1.94. The maximum atomic E-state index is 11.6. The van der Waals surface area contributed by atoms with Gasteiger partial charge in [-0.3, -0.25) is 4.79 Å². The summed E-state index contributed by atoms with van der Waals surface area (Å²) in [5.41, 5.74) is 0.766. The van der Waals surface area contributed by atoms with Crippen molar-refractivity contribution in [2.75, 3.05) is 13.6 Å². The zero-order valence-electron chi connectivity index (χ0n) is 9.88. The molecule has 0 spiro atoms. The highest BCUT2D eigenvalue weighted by molar-refractivity contribution is 7.89. The Hall–Kier alpha value is -1.40. The summed E-state index contributed by atoms with van der Waals surface area (Å²) < 4.78 is 22.0. The molecule has 6 heteroatoms. The van der Waals surface area contributed by atoms with E-state index < -0.39 is 10.0 Å². The van der Waals surface area contributed by atoms with Crippen molar-refractivity contribution in [3.63, 3.8) is 0 Å². The van der Waals surface area contributed by atoms with Gasteiger partial charge in [-0.2, -0.15) is 0 Å². The number of rotatable bonds is 4. The normalized spacial score (nSPS) is 11.2. The third kappa shape index (κ3) is 3.83. The van der Waals surface area contributed by atoms with Gasteiger partial charge in [-0.05, 0) is 24.6 Å². The number of sulfonamides is 1. The fourth-order valence-electron chi connectivity index (χ4n) is 1.28. The van der Waals surface area contributed by atoms with Gasteiger partial charge in [-0.25, -0.2) is 13.6 Å². The highest BCUT2D eigenvalue weighted by Crippen LogP contribution is 2.09. The quantitative estimate of drug-likeness (QED) is 0.844. The molecule has 5 nitrogen and oxygen atoms in total. The Bertz CT molecular complexity index is 494. The maximum Gasteiger partial charge on any atom is 0.238 e. The highest BCUT2D eigenvalue weighted by atomic mass is 32.2. The van der Waals surface area contributed by atoms with Crippen molar-refractivity contribution < 1.29 is 13.2 Å². The second-order valence-electron chi connectivity index (χ2n) is 3.77. The first-order valence-electron chi connectivity index (χ1n) is 5.20. The van der Waals surface area contributed by atoms with Crippen LogP contribution in [-0.2, 0) is 21.2 Å². The van der Waals surface area contributed by atoms with E-state index in [-0.39, 0.29) is 17.2 Å². The van der Waals surface area contributed by atoms with Crippen LogP contribution in [0.5, 0.6) is 0 Å². The lowest BCUT2D eigenvalue weighted by atomic mass is 10.1. The average molecular weight is 256 g/mol. The van der Waals surface area contributed by atoms with Crippen molar-refractivity contribution >= 4 is 15.9 Å². The van der Waals surface area contributed by atoms with Gasteiger partial charge in [0.15, 0.2) is 0 Å². The number of primary sulfonamides is 1. The van der Waals surface area contributed by atoms with Crippen molar-refractivity contribution in [2.45, 2.75) is 18.2 Å². The molecule has 0 saturated heterocycles. The first-order valence-corrected chi connectivity index (χ1v) is 6.75. The molecule has 0 unspecified atom stereocenters. The SMILES string of the molecule is CCN(C)C(=O)Cc1ccc(S(N)(=O)=O)cc1. The average Bonchev–Trinajstić information content (AvgIpc) is 2.27. The Morgan fingerprint density at radius 3 is 2.24 bits per heavy atom. The number of amides is 1. The molecule has 1 amide bonds. The van der Waals surface area contributed by atoms with Crippen molar-refractivity contribution in [1.82, 2.24) is 4.90 Å². The van der Waals surface area contributed by atoms with Gasteiger partial charge in [-0.1, -0.05) is 12.1 Å². The lowest BCUT2D eigenvalue weighted by Crippen LogP contribution is -2.27. The fourth-order valence-corrected chi connectivity index (χ4v) is 1.80. The second kappa shape index (κ2) is 5.29. The molecule has 0 saturated carbocycles. The van der Waals surface area contributed by atoms with E-state index in [0.717, 1.165) is 5.56 Å². The minimum absolute atomic E-state index is 0.00384. The summed E-state index contributed by atoms with van der Waals surface area (Å²) in [6.45, 7) is 2.54. The van der Waals surface area contributed by atoms with Gasteiger partial charge < -0.3 is 4.90 Å². The Morgan fingerprint density at radius 1 is 1.29 bits per heavy atom. The van der Waals surface area contributed by atoms with Crippen LogP contribution < -0.4 is 5.14 Å². The minimum atomic E-state index is -3.66. The number of likely N-dealkylation sites (N-methyl/N-ethyl adjacent to an activating group) is 1. The highest BCUT2D eigenvalue weighted by Gasteiger charge is 2.10. The summed E-state index contributed by atoms with van der Waals surface area (Å²) >= 11 is 0. The number of carbonyl (C=O) groups is 1. The smallest absolute Gasteiger partial charge is 0.238 e. The molecule has 0 radical (unpaired) electrons. The van der Waals surface area contributed by atoms with E-state index in [1.54, 1.807) is 24.1 Å². The van der Waals surface area contributed by atoms with E-state index in [1.807, 2.05) is 6.92 Å². The van der Waals surface area contributed by atoms with Crippen molar-refractivity contribution in [3.8, 4) is 0 Å². The minimum Gasteiger partial charge on any atom is -0.346 e. The van der Waals surface area contributed by atoms with E-state index in [1.165, 1.54) is 12.1 Å². The predicted octanol–water partition coefficient (Wildman–Crippen LogP) is 0.355. The predicted molar refractivity (Wildman–Crippen MR) is 64.8 cm³/mol. The van der Waals surface area contributed by atoms with Gasteiger partial charge in [0.05, 0.1) is 11.3 Å². The molecule has 1 aromatic rings. The molecule has 1 rings (SSSR count). The molecule has 0 aliphatic rings. The van der Waals surface area contributed by atoms with Crippen LogP contribution in [0.3, 0.4) is 0 Å². The lowest BCUT2D eigenvalue weighted by molar-refractivity contribution is -0.128. The number of nitrogens with two attached hydrogens (primary N) is 1. The lowest BCUT2D eigenvalue weighted by Gasteiger charge is -2.14. The standard InChI is InChI=1S/C11H16N2O3S/c1-3-13(2)11(14)8-9-4-6-10(7-5-9)17(12,15)16/h4-7H,3,8H2,1-2H3,(H2,12,15,16). The van der Waals surface area contributed by atoms with Gasteiger partial charge in [0.25, 0.3) is 0 Å². The van der Waals surface area contributed by atoms with E-state index in [4.69, 9.17) is 5.14 Å². The van der Waals surface area contributed by atoms with Crippen LogP contribution in [-0.4, -0.2) is 32.8 Å². The number of nitrogens with zero attached hydrogens (tertiary/aromatic N) is 1. The number of carbonyl (C=O) groups excluding carboxylic acids is 1. The van der Waals surface area contributed by atoms with E-state index >= 15 is 0 Å². The van der Waals surface area contributed by atoms with Crippen LogP contribution in [0.25, 0.3) is 0 Å². The van der Waals surface area contributed by atoms with Crippen LogP contribution in [0.4, 0.5) is 0 Å². The van der Waals surface area contributed by atoms with Crippen LogP contribution >= 0.6 is 0 Å². The summed E-state index contributed by atoms with van der Waals surface area (Å²) in [5.74, 6) is -0.00384. The zero-order valence-corrected chi connectivity index (χ0v) is 10.7. The molecule has 0 atom stereocenters. The molecule has 0 heterocycles. The molecule has 17 heavy (non-hydrogen) atoms. The Kier molecular flexibility index (Phi) is 4.25. The molecular weight excluding hydrogens is 240 g/mol. The van der Waals surface area contributed by atoms with Gasteiger partial charge in [0.1, 0.15) is 0 Å². The monoisotopic (exact) mass is 256 g/mol. The Balaban J connectivity index is 2.79. The van der Waals surface area contributed by atoms with E-state index in [2.05, 4.69) is 0 Å². The molecule has 2 N–H and O–H groups in total. The molecular formula is C11H16N2O3S. The van der Waals surface area contributed by atoms with Crippen LogP contribution in [0, 0.1) is 0 Å². The Morgan fingerprint density at radius 2 is 1.82 bits per heavy atom. The summed E-state index contributed by atoms with van der Waals surface area (Å²) in [6, 6.07) is 6.01. The third-order valence-corrected chi connectivity index (χ3v) is 3.44. The summed E-state index contributed by atoms with van der Waals surface area (Å²) in [4.78, 5) is 13.3. The second-order valence-corrected chi connectivity index (χ2v) is 5.34. The van der Waals surface area contributed by atoms with Crippen molar-refractivity contribution in [2.24, 2.45) is 5.14 Å². The van der Waals surface area contributed by atoms with E-state index in [9.17, 15) is 13.2 Å². The molecule has 0 aliphatic heterocycles. The zero-order chi connectivity index (χ0) is 13.1. The topological polar surface area (TPSA) is 80.5 Å². The third-order valence-electron chi connectivity index (χ3n) is 2.51. The summed E-state index contributed by atoms with van der Waals surface area (Å²) in [5, 5.41) is 4.97. The fraction of sp³-hybridized carbons (Fsp3) is 0.364. The Labute approximate surface area is 101 Å². The van der Waals surface area contributed by atoms with Gasteiger partial charge >= 0.3 is 0 Å². The largest absolute Gasteiger partial charge is 0.346 e. The van der Waals surface area contributed by atoms with Gasteiger partial charge in [-0.15, -0.1) is 0 Å².